The summed E-state index contributed by atoms with van der Waals surface area (Å²) in [7, 11) is 0. The third-order valence-corrected chi connectivity index (χ3v) is 5.41. The molecule has 8 heteroatoms. The zero-order chi connectivity index (χ0) is 19.9. The highest BCUT2D eigenvalue weighted by atomic mass is 16.2. The summed E-state index contributed by atoms with van der Waals surface area (Å²) in [6.07, 6.45) is 15.1. The van der Waals surface area contributed by atoms with Crippen molar-refractivity contribution in [3.63, 3.8) is 0 Å². The lowest BCUT2D eigenvalue weighted by molar-refractivity contribution is 0.0745. The molecule has 29 heavy (non-hydrogen) atoms. The van der Waals surface area contributed by atoms with E-state index in [1.54, 1.807) is 30.9 Å². The minimum absolute atomic E-state index is 0.0301. The Morgan fingerprint density at radius 3 is 2.45 bits per heavy atom. The summed E-state index contributed by atoms with van der Waals surface area (Å²) in [4.78, 5) is 33.9. The van der Waals surface area contributed by atoms with Crippen LogP contribution in [0.3, 0.4) is 0 Å². The van der Waals surface area contributed by atoms with Gasteiger partial charge in [-0.2, -0.15) is 0 Å². The van der Waals surface area contributed by atoms with Crippen LogP contribution in [0.25, 0.3) is 0 Å². The molecule has 0 unspecified atom stereocenters. The second-order valence-electron chi connectivity index (χ2n) is 7.41. The molecule has 0 radical (unpaired) electrons. The van der Waals surface area contributed by atoms with Gasteiger partial charge in [0.05, 0.1) is 5.56 Å². The number of hydrogen-bond donors (Lipinski definition) is 1. The lowest BCUT2D eigenvalue weighted by Crippen LogP contribution is -2.49. The van der Waals surface area contributed by atoms with Crippen molar-refractivity contribution < 1.29 is 4.79 Å². The molecule has 4 rings (SSSR count). The van der Waals surface area contributed by atoms with Crippen molar-refractivity contribution in [2.24, 2.45) is 0 Å². The standard InChI is InChI=1S/C21H27N7O/c29-19(27-11-13-28(14-12-27)21-23-8-4-9-24-21)18-15-25-20(26-16-18)22-10-7-17-5-2-1-3-6-17/h4-5,8-9,15-16H,1-3,6-7,10-14H2,(H,22,25,26). The first-order valence-electron chi connectivity index (χ1n) is 10.3. The monoisotopic (exact) mass is 393 g/mol. The van der Waals surface area contributed by atoms with Gasteiger partial charge in [-0.25, -0.2) is 19.9 Å². The van der Waals surface area contributed by atoms with Gasteiger partial charge in [0.2, 0.25) is 11.9 Å². The van der Waals surface area contributed by atoms with E-state index in [0.717, 1.165) is 13.0 Å². The smallest absolute Gasteiger partial charge is 0.257 e. The maximum absolute atomic E-state index is 12.7. The maximum atomic E-state index is 12.7. The number of rotatable bonds is 6. The van der Waals surface area contributed by atoms with E-state index in [9.17, 15) is 4.79 Å². The topological polar surface area (TPSA) is 87.1 Å². The van der Waals surface area contributed by atoms with Crippen LogP contribution in [0.2, 0.25) is 0 Å². The molecule has 152 valence electrons. The van der Waals surface area contributed by atoms with E-state index in [1.807, 2.05) is 4.90 Å². The van der Waals surface area contributed by atoms with Gasteiger partial charge in [-0.15, -0.1) is 0 Å². The first kappa shape index (κ1) is 19.3. The quantitative estimate of drug-likeness (QED) is 0.755. The van der Waals surface area contributed by atoms with Crippen molar-refractivity contribution in [1.29, 1.82) is 0 Å². The van der Waals surface area contributed by atoms with Crippen LogP contribution in [0.4, 0.5) is 11.9 Å². The van der Waals surface area contributed by atoms with Crippen molar-refractivity contribution in [2.45, 2.75) is 32.1 Å². The highest BCUT2D eigenvalue weighted by Gasteiger charge is 2.23. The van der Waals surface area contributed by atoms with Gasteiger partial charge < -0.3 is 15.1 Å². The average molecular weight is 393 g/mol. The van der Waals surface area contributed by atoms with Gasteiger partial charge in [0.25, 0.3) is 5.91 Å². The van der Waals surface area contributed by atoms with E-state index in [-0.39, 0.29) is 5.91 Å². The zero-order valence-electron chi connectivity index (χ0n) is 16.6. The van der Waals surface area contributed by atoms with Crippen LogP contribution in [0.5, 0.6) is 0 Å². The molecule has 0 atom stereocenters. The molecule has 3 heterocycles. The molecule has 1 amide bonds. The lowest BCUT2D eigenvalue weighted by atomic mass is 9.97. The summed E-state index contributed by atoms with van der Waals surface area (Å²) in [6.45, 7) is 3.51. The van der Waals surface area contributed by atoms with Crippen molar-refractivity contribution in [2.75, 3.05) is 42.9 Å². The molecule has 0 spiro atoms. The van der Waals surface area contributed by atoms with E-state index >= 15 is 0 Å². The molecular formula is C21H27N7O. The van der Waals surface area contributed by atoms with Crippen LogP contribution in [0.1, 0.15) is 42.5 Å². The Hall–Kier alpha value is -3.03. The van der Waals surface area contributed by atoms with Gasteiger partial charge in [-0.3, -0.25) is 4.79 Å². The molecule has 0 aromatic carbocycles. The van der Waals surface area contributed by atoms with Crippen LogP contribution < -0.4 is 10.2 Å². The predicted molar refractivity (Wildman–Crippen MR) is 112 cm³/mol. The van der Waals surface area contributed by atoms with Crippen molar-refractivity contribution in [3.8, 4) is 0 Å². The Morgan fingerprint density at radius 2 is 1.76 bits per heavy atom. The number of nitrogens with one attached hydrogen (secondary N) is 1. The summed E-state index contributed by atoms with van der Waals surface area (Å²) in [5, 5.41) is 3.25. The first-order chi connectivity index (χ1) is 14.3. The number of amides is 1. The Kier molecular flexibility index (Phi) is 6.29. The summed E-state index contributed by atoms with van der Waals surface area (Å²) in [6, 6.07) is 1.80. The fourth-order valence-corrected chi connectivity index (χ4v) is 3.74. The molecular weight excluding hydrogens is 366 g/mol. The van der Waals surface area contributed by atoms with Gasteiger partial charge in [0.1, 0.15) is 0 Å². The third-order valence-electron chi connectivity index (χ3n) is 5.41. The number of carbonyl (C=O) groups excluding carboxylic acids is 1. The van der Waals surface area contributed by atoms with Crippen LogP contribution in [-0.2, 0) is 0 Å². The molecule has 2 aromatic heterocycles. The summed E-state index contributed by atoms with van der Waals surface area (Å²) >= 11 is 0. The molecule has 0 bridgehead atoms. The van der Waals surface area contributed by atoms with Gasteiger partial charge in [-0.05, 0) is 38.2 Å². The van der Waals surface area contributed by atoms with Gasteiger partial charge in [-0.1, -0.05) is 11.6 Å². The summed E-state index contributed by atoms with van der Waals surface area (Å²) in [5.41, 5.74) is 2.05. The van der Waals surface area contributed by atoms with E-state index in [2.05, 4.69) is 36.2 Å². The predicted octanol–water partition coefficient (Wildman–Crippen LogP) is 2.53. The second kappa shape index (κ2) is 9.45. The molecule has 1 N–H and O–H groups in total. The summed E-state index contributed by atoms with van der Waals surface area (Å²) in [5.74, 6) is 1.25. The van der Waals surface area contributed by atoms with Gasteiger partial charge in [0.15, 0.2) is 0 Å². The largest absolute Gasteiger partial charge is 0.354 e. The highest BCUT2D eigenvalue weighted by molar-refractivity contribution is 5.93. The Labute approximate surface area is 171 Å². The minimum atomic E-state index is -0.0301. The van der Waals surface area contributed by atoms with Crippen molar-refractivity contribution in [1.82, 2.24) is 24.8 Å². The van der Waals surface area contributed by atoms with Crippen molar-refractivity contribution >= 4 is 17.8 Å². The molecule has 8 nitrogen and oxygen atoms in total. The number of piperazine rings is 1. The van der Waals surface area contributed by atoms with E-state index in [4.69, 9.17) is 0 Å². The number of nitrogens with zero attached hydrogens (tertiary/aromatic N) is 6. The Bertz CT molecular complexity index is 830. The number of allylic oxidation sites excluding steroid dienone is 1. The van der Waals surface area contributed by atoms with E-state index < -0.39 is 0 Å². The van der Waals surface area contributed by atoms with Crippen LogP contribution in [0.15, 0.2) is 42.5 Å². The van der Waals surface area contributed by atoms with Crippen molar-refractivity contribution in [3.05, 3.63) is 48.1 Å². The average Bonchev–Trinajstić information content (AvgIpc) is 2.80. The van der Waals surface area contributed by atoms with E-state index in [1.165, 1.54) is 31.3 Å². The Morgan fingerprint density at radius 1 is 1.00 bits per heavy atom. The van der Waals surface area contributed by atoms with Crippen LogP contribution in [-0.4, -0.2) is 63.5 Å². The van der Waals surface area contributed by atoms with Gasteiger partial charge >= 0.3 is 0 Å². The SMILES string of the molecule is O=C(c1cnc(NCCC2=CCCCC2)nc1)N1CCN(c2ncccn2)CC1. The minimum Gasteiger partial charge on any atom is -0.354 e. The third kappa shape index (κ3) is 5.07. The highest BCUT2D eigenvalue weighted by Crippen LogP contribution is 2.20. The van der Waals surface area contributed by atoms with Gasteiger partial charge in [0, 0.05) is 57.5 Å². The fraction of sp³-hybridized carbons (Fsp3) is 0.476. The molecule has 2 aromatic rings. The maximum Gasteiger partial charge on any atom is 0.257 e. The number of hydrogen-bond acceptors (Lipinski definition) is 7. The summed E-state index contributed by atoms with van der Waals surface area (Å²) < 4.78 is 0. The first-order valence-corrected chi connectivity index (χ1v) is 10.3. The normalized spacial score (nSPS) is 17.0. The zero-order valence-corrected chi connectivity index (χ0v) is 16.6. The molecule has 1 saturated heterocycles. The molecule has 0 saturated carbocycles. The molecule has 1 aliphatic carbocycles. The fourth-order valence-electron chi connectivity index (χ4n) is 3.74. The number of aromatic nitrogens is 4. The second-order valence-corrected chi connectivity index (χ2v) is 7.41. The number of anilines is 2. The number of carbonyl (C=O) groups is 1. The molecule has 2 aliphatic rings. The van der Waals surface area contributed by atoms with Crippen LogP contribution in [0, 0.1) is 0 Å². The lowest BCUT2D eigenvalue weighted by Gasteiger charge is -2.34. The Balaban J connectivity index is 1.25. The molecule has 1 fully saturated rings. The van der Waals surface area contributed by atoms with Crippen LogP contribution >= 0.6 is 0 Å². The molecule has 1 aliphatic heterocycles. The van der Waals surface area contributed by atoms with E-state index in [0.29, 0.717) is 43.6 Å².